The van der Waals surface area contributed by atoms with Gasteiger partial charge in [-0.05, 0) is 19.1 Å². The lowest BCUT2D eigenvalue weighted by molar-refractivity contribution is -0.128. The first-order valence-corrected chi connectivity index (χ1v) is 11.4. The van der Waals surface area contributed by atoms with Crippen molar-refractivity contribution in [2.45, 2.75) is 13.0 Å². The number of hydrogen-bond donors (Lipinski definition) is 2. The van der Waals surface area contributed by atoms with Gasteiger partial charge in [-0.2, -0.15) is 0 Å². The van der Waals surface area contributed by atoms with Crippen LogP contribution in [0.15, 0.2) is 59.8 Å². The van der Waals surface area contributed by atoms with Gasteiger partial charge in [0.1, 0.15) is 5.75 Å². The number of carbonyl (C=O) groups excluding carboxylic acids is 3. The molecule has 0 radical (unpaired) electrons. The van der Waals surface area contributed by atoms with E-state index in [-0.39, 0.29) is 36.2 Å². The average Bonchev–Trinajstić information content (AvgIpc) is 3.54. The fourth-order valence-corrected chi connectivity index (χ4v) is 4.53. The number of pyridine rings is 1. The van der Waals surface area contributed by atoms with E-state index in [1.54, 1.807) is 29.2 Å². The summed E-state index contributed by atoms with van der Waals surface area (Å²) in [5, 5.41) is 3.00. The number of ether oxygens (including phenoxy) is 1. The van der Waals surface area contributed by atoms with Crippen LogP contribution in [0, 0.1) is 0 Å². The summed E-state index contributed by atoms with van der Waals surface area (Å²) in [7, 11) is 1.45. The van der Waals surface area contributed by atoms with Crippen molar-refractivity contribution in [3.8, 4) is 11.6 Å². The highest BCUT2D eigenvalue weighted by molar-refractivity contribution is 6.45. The lowest BCUT2D eigenvalue weighted by Crippen LogP contribution is -2.56. The first-order chi connectivity index (χ1) is 17.4. The van der Waals surface area contributed by atoms with Gasteiger partial charge in [-0.15, -0.1) is 0 Å². The second kappa shape index (κ2) is 9.17. The van der Waals surface area contributed by atoms with Crippen LogP contribution < -0.4 is 10.3 Å². The molecule has 36 heavy (non-hydrogen) atoms. The molecule has 4 aromatic rings. The second-order valence-electron chi connectivity index (χ2n) is 8.56. The van der Waals surface area contributed by atoms with Gasteiger partial charge in [0.2, 0.25) is 0 Å². The third kappa shape index (κ3) is 3.94. The molecule has 1 unspecified atom stereocenters. The summed E-state index contributed by atoms with van der Waals surface area (Å²) in [4.78, 5) is 61.6. The molecule has 0 aliphatic carbocycles. The Hall–Kier alpha value is -4.67. The van der Waals surface area contributed by atoms with Gasteiger partial charge in [0.05, 0.1) is 29.8 Å². The molecule has 5 rings (SSSR count). The normalized spacial score (nSPS) is 15.8. The summed E-state index contributed by atoms with van der Waals surface area (Å²) in [5.41, 5.74) is 0.849. The maximum atomic E-state index is 13.4. The van der Waals surface area contributed by atoms with E-state index >= 15 is 0 Å². The maximum absolute atomic E-state index is 13.4. The minimum atomic E-state index is -0.701. The Morgan fingerprint density at radius 3 is 2.56 bits per heavy atom. The van der Waals surface area contributed by atoms with Gasteiger partial charge in [0.15, 0.2) is 5.82 Å². The predicted molar refractivity (Wildman–Crippen MR) is 130 cm³/mol. The molecule has 184 valence electrons. The van der Waals surface area contributed by atoms with Gasteiger partial charge in [0.25, 0.3) is 23.2 Å². The summed E-state index contributed by atoms with van der Waals surface area (Å²) in [5.74, 6) is -0.809. The average molecular weight is 489 g/mol. The summed E-state index contributed by atoms with van der Waals surface area (Å²) in [6.07, 6.45) is 4.39. The van der Waals surface area contributed by atoms with Crippen molar-refractivity contribution in [3.05, 3.63) is 76.5 Å². The molecular weight excluding hydrogens is 464 g/mol. The lowest BCUT2D eigenvalue weighted by atomic mass is 10.1. The van der Waals surface area contributed by atoms with E-state index in [0.29, 0.717) is 34.6 Å². The number of carbonyl (C=O) groups is 3. The van der Waals surface area contributed by atoms with Crippen molar-refractivity contribution >= 4 is 28.5 Å². The molecule has 1 aliphatic heterocycles. The summed E-state index contributed by atoms with van der Waals surface area (Å²) in [6, 6.07) is 10.1. The fraction of sp³-hybridized carbons (Fsp3) is 0.240. The summed E-state index contributed by atoms with van der Waals surface area (Å²) < 4.78 is 6.83. The highest BCUT2D eigenvalue weighted by Gasteiger charge is 2.34. The smallest absolute Gasteiger partial charge is 0.295 e. The van der Waals surface area contributed by atoms with E-state index in [1.807, 2.05) is 13.0 Å². The molecule has 1 saturated heterocycles. The molecule has 1 aliphatic rings. The monoisotopic (exact) mass is 488 g/mol. The van der Waals surface area contributed by atoms with Gasteiger partial charge in [-0.3, -0.25) is 24.3 Å². The number of aromatic amines is 2. The van der Waals surface area contributed by atoms with Crippen LogP contribution in [0.1, 0.15) is 27.6 Å². The number of amides is 2. The molecule has 11 heteroatoms. The van der Waals surface area contributed by atoms with Crippen molar-refractivity contribution in [3.63, 3.8) is 0 Å². The molecule has 11 nitrogen and oxygen atoms in total. The number of benzene rings is 1. The molecule has 4 heterocycles. The number of rotatable bonds is 5. The Kier molecular flexibility index (Phi) is 5.88. The van der Waals surface area contributed by atoms with Crippen LogP contribution in [-0.2, 0) is 4.79 Å². The molecule has 1 atom stereocenters. The molecule has 3 aromatic heterocycles. The van der Waals surface area contributed by atoms with Crippen LogP contribution in [0.5, 0.6) is 5.75 Å². The number of fused-ring (bicyclic) bond motifs is 1. The minimum absolute atomic E-state index is 0.106. The van der Waals surface area contributed by atoms with Gasteiger partial charge >= 0.3 is 0 Å². The van der Waals surface area contributed by atoms with Crippen LogP contribution in [0.2, 0.25) is 0 Å². The zero-order chi connectivity index (χ0) is 25.4. The third-order valence-electron chi connectivity index (χ3n) is 6.34. The van der Waals surface area contributed by atoms with Crippen molar-refractivity contribution in [1.82, 2.24) is 29.5 Å². The number of piperazine rings is 1. The van der Waals surface area contributed by atoms with E-state index in [0.717, 1.165) is 0 Å². The predicted octanol–water partition coefficient (Wildman–Crippen LogP) is 1.61. The molecule has 0 saturated carbocycles. The van der Waals surface area contributed by atoms with Gasteiger partial charge in [-0.1, -0.05) is 18.2 Å². The fourth-order valence-electron chi connectivity index (χ4n) is 4.53. The Morgan fingerprint density at radius 2 is 1.89 bits per heavy atom. The largest absolute Gasteiger partial charge is 0.494 e. The van der Waals surface area contributed by atoms with E-state index in [1.165, 1.54) is 41.3 Å². The van der Waals surface area contributed by atoms with Gasteiger partial charge in [0, 0.05) is 49.7 Å². The first-order valence-electron chi connectivity index (χ1n) is 11.4. The zero-order valence-electron chi connectivity index (χ0n) is 19.7. The molecule has 0 spiro atoms. The van der Waals surface area contributed by atoms with E-state index < -0.39 is 11.7 Å². The quantitative estimate of drug-likeness (QED) is 0.324. The van der Waals surface area contributed by atoms with Crippen molar-refractivity contribution in [2.24, 2.45) is 0 Å². The van der Waals surface area contributed by atoms with Crippen LogP contribution in [0.25, 0.3) is 16.7 Å². The van der Waals surface area contributed by atoms with Crippen molar-refractivity contribution in [1.29, 1.82) is 0 Å². The van der Waals surface area contributed by atoms with Crippen LogP contribution in [-0.4, -0.2) is 79.9 Å². The number of hydrogen-bond acceptors (Lipinski definition) is 6. The standard InChI is InChI=1S/C25H24N6O5/c1-15-14-29(10-11-30(15)24(34)16-6-4-3-5-7-16)25(35)22(33)17-12-26-21-20(17)18(36-2)13-27-23(21)31-9-8-19(32)28-31/h3-9,12-13,15,26H,10-11,14H2,1-2H3,(H,28,32). The number of methoxy groups -OCH3 is 1. The number of nitrogens with zero attached hydrogens (tertiary/aromatic N) is 4. The third-order valence-corrected chi connectivity index (χ3v) is 6.34. The van der Waals surface area contributed by atoms with Crippen molar-refractivity contribution in [2.75, 3.05) is 26.7 Å². The zero-order valence-corrected chi connectivity index (χ0v) is 19.7. The maximum Gasteiger partial charge on any atom is 0.295 e. The number of nitrogens with one attached hydrogen (secondary N) is 2. The van der Waals surface area contributed by atoms with Crippen LogP contribution >= 0.6 is 0 Å². The molecule has 2 N–H and O–H groups in total. The molecule has 1 aromatic carbocycles. The molecule has 1 fully saturated rings. The SMILES string of the molecule is COc1cnc(-n2ccc(=O)[nH]2)c2[nH]cc(C(=O)C(=O)N3CCN(C(=O)c4ccccc4)C(C)C3)c12. The number of Topliss-reactive ketones (excluding diaryl/α,β-unsaturated/α-hetero) is 1. The van der Waals surface area contributed by atoms with Crippen molar-refractivity contribution < 1.29 is 19.1 Å². The first kappa shape index (κ1) is 23.1. The second-order valence-corrected chi connectivity index (χ2v) is 8.56. The van der Waals surface area contributed by atoms with E-state index in [4.69, 9.17) is 4.74 Å². The Morgan fingerprint density at radius 1 is 1.11 bits per heavy atom. The highest BCUT2D eigenvalue weighted by atomic mass is 16.5. The Labute approximate surface area is 205 Å². The number of aromatic nitrogens is 4. The lowest BCUT2D eigenvalue weighted by Gasteiger charge is -2.39. The Balaban J connectivity index is 1.40. The molecule has 0 bridgehead atoms. The van der Waals surface area contributed by atoms with E-state index in [2.05, 4.69) is 15.1 Å². The highest BCUT2D eigenvalue weighted by Crippen LogP contribution is 2.32. The van der Waals surface area contributed by atoms with Gasteiger partial charge < -0.3 is 19.5 Å². The van der Waals surface area contributed by atoms with Crippen LogP contribution in [0.4, 0.5) is 0 Å². The van der Waals surface area contributed by atoms with Crippen LogP contribution in [0.3, 0.4) is 0 Å². The molecule has 2 amide bonds. The minimum Gasteiger partial charge on any atom is -0.494 e. The molecular formula is C25H24N6O5. The number of H-pyrrole nitrogens is 2. The summed E-state index contributed by atoms with van der Waals surface area (Å²) >= 11 is 0. The number of ketones is 1. The topological polar surface area (TPSA) is 133 Å². The summed E-state index contributed by atoms with van der Waals surface area (Å²) in [6.45, 7) is 2.65. The van der Waals surface area contributed by atoms with Gasteiger partial charge in [-0.25, -0.2) is 9.67 Å². The van der Waals surface area contributed by atoms with E-state index in [9.17, 15) is 19.2 Å². The Bertz CT molecular complexity index is 1520.